The fourth-order valence-corrected chi connectivity index (χ4v) is 2.23. The van der Waals surface area contributed by atoms with Gasteiger partial charge in [0.05, 0.1) is 19.3 Å². The van der Waals surface area contributed by atoms with Gasteiger partial charge in [-0.3, -0.25) is 4.79 Å². The minimum atomic E-state index is -2.64. The van der Waals surface area contributed by atoms with Gasteiger partial charge in [-0.2, -0.15) is 0 Å². The molecule has 0 unspecified atom stereocenters. The highest BCUT2D eigenvalue weighted by atomic mass is 35.5. The molecule has 0 spiro atoms. The van der Waals surface area contributed by atoms with E-state index in [0.29, 0.717) is 30.3 Å². The van der Waals surface area contributed by atoms with Crippen molar-refractivity contribution in [1.82, 2.24) is 0 Å². The van der Waals surface area contributed by atoms with Crippen LogP contribution in [0, 0.1) is 0 Å². The third kappa shape index (κ3) is 4.91. The van der Waals surface area contributed by atoms with Crippen molar-refractivity contribution in [1.29, 1.82) is 0 Å². The predicted molar refractivity (Wildman–Crippen MR) is 75.0 cm³/mol. The van der Waals surface area contributed by atoms with Gasteiger partial charge in [-0.25, -0.2) is 8.78 Å². The van der Waals surface area contributed by atoms with Crippen molar-refractivity contribution >= 4 is 23.2 Å². The van der Waals surface area contributed by atoms with E-state index >= 15 is 0 Å². The van der Waals surface area contributed by atoms with E-state index in [1.54, 1.807) is 18.2 Å². The largest absolute Gasteiger partial charge is 0.379 e. The van der Waals surface area contributed by atoms with Gasteiger partial charge in [0.1, 0.15) is 6.61 Å². The molecule has 21 heavy (non-hydrogen) atoms. The Labute approximate surface area is 126 Å². The maximum Gasteiger partial charge on any atom is 0.256 e. The summed E-state index contributed by atoms with van der Waals surface area (Å²) in [6.45, 7) is 0.0736. The number of hydrogen-bond acceptors (Lipinski definition) is 3. The van der Waals surface area contributed by atoms with Gasteiger partial charge in [-0.05, 0) is 24.6 Å². The zero-order valence-electron chi connectivity index (χ0n) is 11.3. The predicted octanol–water partition coefficient (Wildman–Crippen LogP) is 2.74. The number of nitrogens with zero attached hydrogens (tertiary/aromatic N) is 1. The van der Waals surface area contributed by atoms with Crippen LogP contribution in [0.4, 0.5) is 14.5 Å². The quantitative estimate of drug-likeness (QED) is 0.809. The van der Waals surface area contributed by atoms with Gasteiger partial charge in [0.15, 0.2) is 0 Å². The van der Waals surface area contributed by atoms with E-state index in [0.717, 1.165) is 4.90 Å². The first-order valence-corrected chi connectivity index (χ1v) is 6.97. The van der Waals surface area contributed by atoms with Gasteiger partial charge in [0.25, 0.3) is 12.3 Å². The molecular weight excluding hydrogens is 304 g/mol. The second kappa shape index (κ2) is 7.68. The van der Waals surface area contributed by atoms with Gasteiger partial charge in [-0.1, -0.05) is 17.7 Å². The Morgan fingerprint density at radius 3 is 2.95 bits per heavy atom. The van der Waals surface area contributed by atoms with Crippen molar-refractivity contribution in [2.24, 2.45) is 0 Å². The van der Waals surface area contributed by atoms with Gasteiger partial charge < -0.3 is 14.4 Å². The van der Waals surface area contributed by atoms with Gasteiger partial charge in [0.2, 0.25) is 0 Å². The van der Waals surface area contributed by atoms with Crippen molar-refractivity contribution in [2.45, 2.75) is 19.0 Å². The van der Waals surface area contributed by atoms with Gasteiger partial charge >= 0.3 is 0 Å². The van der Waals surface area contributed by atoms with Crippen LogP contribution >= 0.6 is 11.6 Å². The van der Waals surface area contributed by atoms with E-state index in [1.807, 2.05) is 0 Å². The fourth-order valence-electron chi connectivity index (χ4n) is 2.04. The lowest BCUT2D eigenvalue weighted by atomic mass is 10.2. The minimum absolute atomic E-state index is 0.151. The van der Waals surface area contributed by atoms with E-state index in [2.05, 4.69) is 0 Å². The van der Waals surface area contributed by atoms with Crippen LogP contribution in [0.3, 0.4) is 0 Å². The summed E-state index contributed by atoms with van der Waals surface area (Å²) in [4.78, 5) is 13.1. The topological polar surface area (TPSA) is 38.8 Å². The van der Waals surface area contributed by atoms with E-state index in [4.69, 9.17) is 21.1 Å². The van der Waals surface area contributed by atoms with Crippen LogP contribution in [0.1, 0.15) is 6.42 Å². The Morgan fingerprint density at radius 2 is 2.33 bits per heavy atom. The second-order valence-corrected chi connectivity index (χ2v) is 5.11. The lowest BCUT2D eigenvalue weighted by molar-refractivity contribution is -0.125. The molecule has 1 saturated heterocycles. The molecule has 4 nitrogen and oxygen atoms in total. The van der Waals surface area contributed by atoms with Crippen molar-refractivity contribution in [3.05, 3.63) is 29.3 Å². The number of hydrogen-bond donors (Lipinski definition) is 0. The normalized spacial score (nSPS) is 18.2. The first-order chi connectivity index (χ1) is 10.1. The lowest BCUT2D eigenvalue weighted by Crippen LogP contribution is -2.38. The zero-order valence-corrected chi connectivity index (χ0v) is 12.1. The SMILES string of the molecule is O=C(CO[C@H]1CCOC1)N(CC(F)F)c1cccc(Cl)c1. The van der Waals surface area contributed by atoms with Crippen molar-refractivity contribution in [3.63, 3.8) is 0 Å². The fraction of sp³-hybridized carbons (Fsp3) is 0.500. The van der Waals surface area contributed by atoms with Crippen LogP contribution in [0.15, 0.2) is 24.3 Å². The van der Waals surface area contributed by atoms with E-state index in [1.165, 1.54) is 6.07 Å². The van der Waals surface area contributed by atoms with Crippen LogP contribution < -0.4 is 4.90 Å². The average molecular weight is 320 g/mol. The first-order valence-electron chi connectivity index (χ1n) is 6.59. The van der Waals surface area contributed by atoms with Crippen LogP contribution in [0.5, 0.6) is 0 Å². The molecule has 116 valence electrons. The Hall–Kier alpha value is -1.24. The average Bonchev–Trinajstić information content (AvgIpc) is 2.95. The summed E-state index contributed by atoms with van der Waals surface area (Å²) in [6, 6.07) is 6.25. The van der Waals surface area contributed by atoms with Crippen LogP contribution in [-0.2, 0) is 14.3 Å². The zero-order chi connectivity index (χ0) is 15.2. The highest BCUT2D eigenvalue weighted by molar-refractivity contribution is 6.30. The van der Waals surface area contributed by atoms with E-state index < -0.39 is 18.9 Å². The number of anilines is 1. The summed E-state index contributed by atoms with van der Waals surface area (Å²) in [5.41, 5.74) is 0.332. The Morgan fingerprint density at radius 1 is 1.52 bits per heavy atom. The van der Waals surface area contributed by atoms with Crippen LogP contribution in [0.2, 0.25) is 5.02 Å². The highest BCUT2D eigenvalue weighted by Gasteiger charge is 2.23. The number of carbonyl (C=O) groups excluding carboxylic acids is 1. The molecule has 0 saturated carbocycles. The van der Waals surface area contributed by atoms with Crippen molar-refractivity contribution in [3.8, 4) is 0 Å². The maximum atomic E-state index is 12.7. The van der Waals surface area contributed by atoms with Crippen LogP contribution in [0.25, 0.3) is 0 Å². The van der Waals surface area contributed by atoms with E-state index in [-0.39, 0.29) is 12.7 Å². The number of alkyl halides is 2. The molecule has 1 aliphatic heterocycles. The molecule has 1 atom stereocenters. The molecule has 1 aromatic carbocycles. The molecule has 0 aromatic heterocycles. The third-order valence-electron chi connectivity index (χ3n) is 3.07. The highest BCUT2D eigenvalue weighted by Crippen LogP contribution is 2.21. The molecule has 1 amide bonds. The monoisotopic (exact) mass is 319 g/mol. The summed E-state index contributed by atoms with van der Waals surface area (Å²) < 4.78 is 35.9. The lowest BCUT2D eigenvalue weighted by Gasteiger charge is -2.23. The molecule has 0 aliphatic carbocycles. The van der Waals surface area contributed by atoms with Crippen LogP contribution in [-0.4, -0.2) is 44.8 Å². The van der Waals surface area contributed by atoms with E-state index in [9.17, 15) is 13.6 Å². The molecule has 1 aromatic rings. The molecule has 7 heteroatoms. The standard InChI is InChI=1S/C14H16ClF2NO3/c15-10-2-1-3-11(6-10)18(7-13(16)17)14(19)9-21-12-4-5-20-8-12/h1-3,6,12-13H,4-5,7-9H2/t12-/m0/s1. The smallest absolute Gasteiger partial charge is 0.256 e. The van der Waals surface area contributed by atoms with Gasteiger partial charge in [-0.15, -0.1) is 0 Å². The molecule has 2 rings (SSSR count). The summed E-state index contributed by atoms with van der Waals surface area (Å²) in [7, 11) is 0. The molecule has 1 aliphatic rings. The summed E-state index contributed by atoms with van der Waals surface area (Å²) in [6.07, 6.45) is -2.08. The molecular formula is C14H16ClF2NO3. The number of rotatable bonds is 6. The molecule has 0 N–H and O–H groups in total. The minimum Gasteiger partial charge on any atom is -0.379 e. The number of amides is 1. The Balaban J connectivity index is 2.02. The first kappa shape index (κ1) is 16.1. The maximum absolute atomic E-state index is 12.7. The van der Waals surface area contributed by atoms with Crippen molar-refractivity contribution < 1.29 is 23.0 Å². The van der Waals surface area contributed by atoms with Crippen molar-refractivity contribution in [2.75, 3.05) is 31.3 Å². The number of halogens is 3. The molecule has 1 heterocycles. The van der Waals surface area contributed by atoms with Gasteiger partial charge in [0, 0.05) is 17.3 Å². The number of carbonyl (C=O) groups is 1. The summed E-state index contributed by atoms with van der Waals surface area (Å²) in [5.74, 6) is -0.524. The molecule has 1 fully saturated rings. The molecule has 0 radical (unpaired) electrons. The Kier molecular flexibility index (Phi) is 5.90. The number of benzene rings is 1. The number of ether oxygens (including phenoxy) is 2. The second-order valence-electron chi connectivity index (χ2n) is 4.67. The molecule has 0 bridgehead atoms. The third-order valence-corrected chi connectivity index (χ3v) is 3.31. The Bertz CT molecular complexity index is 481. The summed E-state index contributed by atoms with van der Waals surface area (Å²) in [5, 5.41) is 0.379. The summed E-state index contributed by atoms with van der Waals surface area (Å²) >= 11 is 5.84.